The number of carbonyl (C=O) groups is 1. The summed E-state index contributed by atoms with van der Waals surface area (Å²) < 4.78 is 0. The Labute approximate surface area is 64.9 Å². The molecule has 1 heterocycles. The second-order valence-corrected chi connectivity index (χ2v) is 3.13. The van der Waals surface area contributed by atoms with E-state index in [0.29, 0.717) is 5.57 Å². The number of hydrogen-bond donors (Lipinski definition) is 0. The lowest BCUT2D eigenvalue weighted by atomic mass is 9.94. The molecule has 0 aromatic heterocycles. The van der Waals surface area contributed by atoms with E-state index in [4.69, 9.17) is 4.89 Å². The van der Waals surface area contributed by atoms with Gasteiger partial charge in [0.05, 0.1) is 5.57 Å². The monoisotopic (exact) mass is 154 g/mol. The van der Waals surface area contributed by atoms with Crippen LogP contribution in [0.5, 0.6) is 0 Å². The minimum absolute atomic E-state index is 0.396. The van der Waals surface area contributed by atoms with E-state index in [1.807, 2.05) is 0 Å². The molecule has 11 heavy (non-hydrogen) atoms. The largest absolute Gasteiger partial charge is 0.371 e. The van der Waals surface area contributed by atoms with Crippen LogP contribution in [-0.4, -0.2) is 11.6 Å². The maximum absolute atomic E-state index is 10.9. The molecule has 60 valence electrons. The van der Waals surface area contributed by atoms with Gasteiger partial charge in [0, 0.05) is 0 Å². The van der Waals surface area contributed by atoms with Gasteiger partial charge >= 0.3 is 5.97 Å². The standard InChI is InChI=1S/C8H10O3/c1-6-7(9)10-11-8(6)4-2-3-5-8/h1-5H2. The smallest absolute Gasteiger partial charge is 0.292 e. The van der Waals surface area contributed by atoms with Crippen LogP contribution in [0.4, 0.5) is 0 Å². The first-order valence-corrected chi connectivity index (χ1v) is 3.84. The highest BCUT2D eigenvalue weighted by molar-refractivity contribution is 5.91. The maximum atomic E-state index is 10.9. The zero-order valence-electron chi connectivity index (χ0n) is 6.26. The van der Waals surface area contributed by atoms with Gasteiger partial charge in [0.25, 0.3) is 0 Å². The highest BCUT2D eigenvalue weighted by Crippen LogP contribution is 2.42. The molecular weight excluding hydrogens is 144 g/mol. The lowest BCUT2D eigenvalue weighted by Gasteiger charge is -2.16. The summed E-state index contributed by atoms with van der Waals surface area (Å²) in [4.78, 5) is 20.3. The van der Waals surface area contributed by atoms with E-state index in [0.717, 1.165) is 25.7 Å². The first-order chi connectivity index (χ1) is 5.25. The average Bonchev–Trinajstić information content (AvgIpc) is 2.56. The van der Waals surface area contributed by atoms with E-state index in [1.165, 1.54) is 0 Å². The van der Waals surface area contributed by atoms with Crippen LogP contribution in [0.2, 0.25) is 0 Å². The van der Waals surface area contributed by atoms with Crippen molar-refractivity contribution < 1.29 is 14.6 Å². The second kappa shape index (κ2) is 2.08. The Hall–Kier alpha value is -0.830. The Morgan fingerprint density at radius 3 is 2.45 bits per heavy atom. The lowest BCUT2D eigenvalue weighted by Crippen LogP contribution is -2.25. The summed E-state index contributed by atoms with van der Waals surface area (Å²) in [6.45, 7) is 3.67. The molecule has 0 N–H and O–H groups in total. The number of hydrogen-bond acceptors (Lipinski definition) is 3. The van der Waals surface area contributed by atoms with Crippen LogP contribution in [0.3, 0.4) is 0 Å². The highest BCUT2D eigenvalue weighted by Gasteiger charge is 2.48. The molecule has 1 spiro atoms. The third-order valence-electron chi connectivity index (χ3n) is 2.48. The van der Waals surface area contributed by atoms with Gasteiger partial charge in [-0.15, -0.1) is 0 Å². The van der Waals surface area contributed by atoms with Gasteiger partial charge in [-0.25, -0.2) is 4.79 Å². The van der Waals surface area contributed by atoms with Crippen molar-refractivity contribution >= 4 is 5.97 Å². The topological polar surface area (TPSA) is 35.5 Å². The Balaban J connectivity index is 2.26. The molecule has 0 aromatic rings. The summed E-state index contributed by atoms with van der Waals surface area (Å²) in [5.74, 6) is -0.396. The average molecular weight is 154 g/mol. The summed E-state index contributed by atoms with van der Waals surface area (Å²) in [5.41, 5.74) is 0.0480. The van der Waals surface area contributed by atoms with E-state index in [1.54, 1.807) is 0 Å². The molecule has 1 saturated heterocycles. The third-order valence-corrected chi connectivity index (χ3v) is 2.48. The Kier molecular flexibility index (Phi) is 1.29. The van der Waals surface area contributed by atoms with E-state index in [2.05, 4.69) is 11.5 Å². The van der Waals surface area contributed by atoms with Crippen molar-refractivity contribution in [3.63, 3.8) is 0 Å². The maximum Gasteiger partial charge on any atom is 0.371 e. The normalized spacial score (nSPS) is 28.0. The minimum atomic E-state index is -0.447. The fourth-order valence-corrected chi connectivity index (χ4v) is 1.74. The zero-order valence-corrected chi connectivity index (χ0v) is 6.26. The number of rotatable bonds is 0. The van der Waals surface area contributed by atoms with Crippen LogP contribution in [0, 0.1) is 0 Å². The SMILES string of the molecule is C=C1C(=O)OOC12CCCC2. The first-order valence-electron chi connectivity index (χ1n) is 3.84. The summed E-state index contributed by atoms with van der Waals surface area (Å²) in [5, 5.41) is 0. The Morgan fingerprint density at radius 2 is 2.00 bits per heavy atom. The molecule has 1 aliphatic heterocycles. The van der Waals surface area contributed by atoms with Gasteiger partial charge < -0.3 is 0 Å². The molecule has 1 saturated carbocycles. The van der Waals surface area contributed by atoms with E-state index >= 15 is 0 Å². The Bertz CT molecular complexity index is 213. The van der Waals surface area contributed by atoms with Gasteiger partial charge in [-0.05, 0) is 25.7 Å². The van der Waals surface area contributed by atoms with Crippen LogP contribution >= 0.6 is 0 Å². The van der Waals surface area contributed by atoms with Crippen molar-refractivity contribution in [3.05, 3.63) is 12.2 Å². The number of carbonyl (C=O) groups excluding carboxylic acids is 1. The van der Waals surface area contributed by atoms with Gasteiger partial charge in [-0.2, -0.15) is 4.89 Å². The molecule has 2 fully saturated rings. The van der Waals surface area contributed by atoms with Crippen LogP contribution in [0.1, 0.15) is 25.7 Å². The molecule has 2 rings (SSSR count). The van der Waals surface area contributed by atoms with Gasteiger partial charge in [0.15, 0.2) is 0 Å². The van der Waals surface area contributed by atoms with Crippen LogP contribution in [-0.2, 0) is 14.6 Å². The predicted octanol–water partition coefficient (Wildman–Crippen LogP) is 1.34. The molecule has 0 bridgehead atoms. The highest BCUT2D eigenvalue weighted by atomic mass is 17.2. The molecule has 2 aliphatic rings. The fourth-order valence-electron chi connectivity index (χ4n) is 1.74. The minimum Gasteiger partial charge on any atom is -0.292 e. The molecule has 0 amide bonds. The van der Waals surface area contributed by atoms with Crippen molar-refractivity contribution in [2.24, 2.45) is 0 Å². The van der Waals surface area contributed by atoms with Crippen LogP contribution < -0.4 is 0 Å². The van der Waals surface area contributed by atoms with Crippen molar-refractivity contribution in [2.45, 2.75) is 31.3 Å². The molecule has 3 heteroatoms. The fraction of sp³-hybridized carbons (Fsp3) is 0.625. The van der Waals surface area contributed by atoms with E-state index in [-0.39, 0.29) is 0 Å². The van der Waals surface area contributed by atoms with E-state index < -0.39 is 11.6 Å². The summed E-state index contributed by atoms with van der Waals surface area (Å²) >= 11 is 0. The summed E-state index contributed by atoms with van der Waals surface area (Å²) in [7, 11) is 0. The van der Waals surface area contributed by atoms with Gasteiger partial charge in [0.2, 0.25) is 0 Å². The first kappa shape index (κ1) is 6.85. The molecule has 0 aromatic carbocycles. The Morgan fingerprint density at radius 1 is 1.36 bits per heavy atom. The summed E-state index contributed by atoms with van der Waals surface area (Å²) in [6, 6.07) is 0. The van der Waals surface area contributed by atoms with Gasteiger partial charge in [-0.1, -0.05) is 6.58 Å². The second-order valence-electron chi connectivity index (χ2n) is 3.13. The van der Waals surface area contributed by atoms with Crippen molar-refractivity contribution in [1.29, 1.82) is 0 Å². The lowest BCUT2D eigenvalue weighted by molar-refractivity contribution is -0.289. The van der Waals surface area contributed by atoms with Crippen molar-refractivity contribution in [2.75, 3.05) is 0 Å². The molecule has 0 radical (unpaired) electrons. The molecular formula is C8H10O3. The van der Waals surface area contributed by atoms with Crippen LogP contribution in [0.15, 0.2) is 12.2 Å². The molecule has 0 unspecified atom stereocenters. The van der Waals surface area contributed by atoms with Crippen LogP contribution in [0.25, 0.3) is 0 Å². The molecule has 0 atom stereocenters. The van der Waals surface area contributed by atoms with Gasteiger partial charge in [0.1, 0.15) is 5.60 Å². The summed E-state index contributed by atoms with van der Waals surface area (Å²) in [6.07, 6.45) is 3.93. The van der Waals surface area contributed by atoms with Crippen molar-refractivity contribution in [1.82, 2.24) is 0 Å². The van der Waals surface area contributed by atoms with Gasteiger partial charge in [-0.3, -0.25) is 4.89 Å². The molecule has 3 nitrogen and oxygen atoms in total. The third kappa shape index (κ3) is 0.807. The van der Waals surface area contributed by atoms with Crippen molar-refractivity contribution in [3.8, 4) is 0 Å². The van der Waals surface area contributed by atoms with E-state index in [9.17, 15) is 4.79 Å². The predicted molar refractivity (Wildman–Crippen MR) is 37.5 cm³/mol. The zero-order chi connectivity index (χ0) is 7.90. The molecule has 1 aliphatic carbocycles. The quantitative estimate of drug-likeness (QED) is 0.390.